The van der Waals surface area contributed by atoms with Gasteiger partial charge in [0, 0.05) is 24.3 Å². The zero-order chi connectivity index (χ0) is 24.3. The van der Waals surface area contributed by atoms with Crippen molar-refractivity contribution in [1.29, 1.82) is 0 Å². The minimum absolute atomic E-state index is 0.166. The van der Waals surface area contributed by atoms with Gasteiger partial charge in [0.2, 0.25) is 10.0 Å². The molecule has 0 bridgehead atoms. The van der Waals surface area contributed by atoms with E-state index in [1.807, 2.05) is 75.4 Å². The van der Waals surface area contributed by atoms with Crippen molar-refractivity contribution in [3.63, 3.8) is 0 Å². The number of hydrogen-bond donors (Lipinski definition) is 0. The monoisotopic (exact) mass is 478 g/mol. The number of morpholine rings is 1. The highest BCUT2D eigenvalue weighted by Gasteiger charge is 2.32. The minimum atomic E-state index is -3.67. The van der Waals surface area contributed by atoms with Crippen LogP contribution in [0, 0.1) is 6.92 Å². The summed E-state index contributed by atoms with van der Waals surface area (Å²) in [7, 11) is -3.67. The summed E-state index contributed by atoms with van der Waals surface area (Å²) in [5.74, 6) is -0.188. The van der Waals surface area contributed by atoms with Crippen molar-refractivity contribution in [1.82, 2.24) is 4.31 Å². The molecule has 1 saturated heterocycles. The maximum atomic E-state index is 13.6. The molecule has 0 spiro atoms. The standard InChI is InChI=1S/C27H30N2O4S/c1-20-8-7-11-25(16-20)29(19-23-9-5-4-6-10-23)27(30)24-12-14-26(15-13-24)34(31,32)28-17-21(2)33-22(3)18-28/h4-16,21-22H,17-19H2,1-3H3. The van der Waals surface area contributed by atoms with Crippen LogP contribution in [-0.4, -0.2) is 43.9 Å². The molecule has 7 heteroatoms. The molecular weight excluding hydrogens is 448 g/mol. The first-order chi connectivity index (χ1) is 16.2. The predicted molar refractivity (Wildman–Crippen MR) is 133 cm³/mol. The van der Waals surface area contributed by atoms with E-state index in [9.17, 15) is 13.2 Å². The average molecular weight is 479 g/mol. The number of carbonyl (C=O) groups is 1. The van der Waals surface area contributed by atoms with Gasteiger partial charge in [-0.25, -0.2) is 8.42 Å². The summed E-state index contributed by atoms with van der Waals surface area (Å²) in [6.07, 6.45) is -0.333. The van der Waals surface area contributed by atoms with E-state index in [1.54, 1.807) is 17.0 Å². The van der Waals surface area contributed by atoms with Crippen molar-refractivity contribution in [2.45, 2.75) is 44.4 Å². The Morgan fingerprint density at radius 3 is 2.21 bits per heavy atom. The Hall–Kier alpha value is -3.00. The van der Waals surface area contributed by atoms with Gasteiger partial charge in [0.1, 0.15) is 0 Å². The number of hydrogen-bond acceptors (Lipinski definition) is 4. The molecule has 1 fully saturated rings. The van der Waals surface area contributed by atoms with Gasteiger partial charge in [-0.2, -0.15) is 4.31 Å². The molecule has 3 aromatic rings. The van der Waals surface area contributed by atoms with Crippen LogP contribution in [0.5, 0.6) is 0 Å². The van der Waals surface area contributed by atoms with E-state index in [1.165, 1.54) is 16.4 Å². The Morgan fingerprint density at radius 2 is 1.59 bits per heavy atom. The Kier molecular flexibility index (Phi) is 7.16. The summed E-state index contributed by atoms with van der Waals surface area (Å²) in [4.78, 5) is 15.5. The van der Waals surface area contributed by atoms with Crippen LogP contribution in [0.3, 0.4) is 0 Å². The van der Waals surface area contributed by atoms with Gasteiger partial charge in [-0.1, -0.05) is 42.5 Å². The van der Waals surface area contributed by atoms with E-state index in [4.69, 9.17) is 4.74 Å². The number of anilines is 1. The molecule has 3 aromatic carbocycles. The maximum Gasteiger partial charge on any atom is 0.258 e. The van der Waals surface area contributed by atoms with Crippen molar-refractivity contribution in [3.05, 3.63) is 95.6 Å². The van der Waals surface area contributed by atoms with Crippen LogP contribution in [0.25, 0.3) is 0 Å². The Morgan fingerprint density at radius 1 is 0.941 bits per heavy atom. The van der Waals surface area contributed by atoms with Crippen LogP contribution in [0.4, 0.5) is 5.69 Å². The SMILES string of the molecule is Cc1cccc(N(Cc2ccccc2)C(=O)c2ccc(S(=O)(=O)N3CC(C)OC(C)C3)cc2)c1. The topological polar surface area (TPSA) is 66.9 Å². The van der Waals surface area contributed by atoms with Crippen LogP contribution < -0.4 is 4.90 Å². The third-order valence-electron chi connectivity index (χ3n) is 5.87. The lowest BCUT2D eigenvalue weighted by Crippen LogP contribution is -2.48. The van der Waals surface area contributed by atoms with Gasteiger partial charge in [0.25, 0.3) is 5.91 Å². The molecule has 1 aliphatic heterocycles. The van der Waals surface area contributed by atoms with Gasteiger partial charge < -0.3 is 9.64 Å². The number of nitrogens with zero attached hydrogens (tertiary/aromatic N) is 2. The zero-order valence-electron chi connectivity index (χ0n) is 19.7. The van der Waals surface area contributed by atoms with Gasteiger partial charge >= 0.3 is 0 Å². The molecule has 0 radical (unpaired) electrons. The highest BCUT2D eigenvalue weighted by Crippen LogP contribution is 2.24. The molecule has 1 heterocycles. The molecule has 178 valence electrons. The summed E-state index contributed by atoms with van der Waals surface area (Å²) < 4.78 is 33.5. The fourth-order valence-corrected chi connectivity index (χ4v) is 5.83. The average Bonchev–Trinajstić information content (AvgIpc) is 2.82. The van der Waals surface area contributed by atoms with Gasteiger partial charge in [-0.15, -0.1) is 0 Å². The number of carbonyl (C=O) groups excluding carboxylic acids is 1. The first-order valence-electron chi connectivity index (χ1n) is 11.4. The smallest absolute Gasteiger partial charge is 0.258 e. The number of amides is 1. The van der Waals surface area contributed by atoms with E-state index in [0.29, 0.717) is 25.2 Å². The molecule has 0 saturated carbocycles. The first kappa shape index (κ1) is 24.1. The van der Waals surface area contributed by atoms with Gasteiger partial charge in [0.05, 0.1) is 23.6 Å². The van der Waals surface area contributed by atoms with Gasteiger partial charge in [-0.05, 0) is 68.3 Å². The van der Waals surface area contributed by atoms with E-state index in [0.717, 1.165) is 16.8 Å². The van der Waals surface area contributed by atoms with Gasteiger partial charge in [-0.3, -0.25) is 4.79 Å². The second kappa shape index (κ2) is 10.1. The Balaban J connectivity index is 1.61. The number of ether oxygens (including phenoxy) is 1. The molecule has 2 unspecified atom stereocenters. The highest BCUT2D eigenvalue weighted by atomic mass is 32.2. The summed E-state index contributed by atoms with van der Waals surface area (Å²) >= 11 is 0. The lowest BCUT2D eigenvalue weighted by molar-refractivity contribution is -0.0440. The molecule has 6 nitrogen and oxygen atoms in total. The summed E-state index contributed by atoms with van der Waals surface area (Å²) in [5.41, 5.74) is 3.29. The van der Waals surface area contributed by atoms with E-state index in [-0.39, 0.29) is 23.0 Å². The third-order valence-corrected chi connectivity index (χ3v) is 7.71. The molecule has 1 aliphatic rings. The van der Waals surface area contributed by atoms with Crippen molar-refractivity contribution < 1.29 is 17.9 Å². The number of benzene rings is 3. The number of sulfonamides is 1. The highest BCUT2D eigenvalue weighted by molar-refractivity contribution is 7.89. The third kappa shape index (κ3) is 5.38. The molecule has 0 N–H and O–H groups in total. The van der Waals surface area contributed by atoms with Crippen LogP contribution in [0.15, 0.2) is 83.8 Å². The van der Waals surface area contributed by atoms with Crippen molar-refractivity contribution >= 4 is 21.6 Å². The minimum Gasteiger partial charge on any atom is -0.373 e. The maximum absolute atomic E-state index is 13.6. The number of rotatable bonds is 6. The molecule has 34 heavy (non-hydrogen) atoms. The Bertz CT molecular complexity index is 1230. The lowest BCUT2D eigenvalue weighted by Gasteiger charge is -2.34. The zero-order valence-corrected chi connectivity index (χ0v) is 20.5. The summed E-state index contributed by atoms with van der Waals surface area (Å²) in [6.45, 7) is 6.75. The predicted octanol–water partition coefficient (Wildman–Crippen LogP) is 4.64. The number of aryl methyl sites for hydroxylation is 1. The summed E-state index contributed by atoms with van der Waals surface area (Å²) in [6, 6.07) is 23.8. The van der Waals surface area contributed by atoms with Gasteiger partial charge in [0.15, 0.2) is 0 Å². The second-order valence-corrected chi connectivity index (χ2v) is 10.8. The normalized spacial score (nSPS) is 19.0. The van der Waals surface area contributed by atoms with Crippen molar-refractivity contribution in [2.75, 3.05) is 18.0 Å². The quantitative estimate of drug-likeness (QED) is 0.518. The van der Waals surface area contributed by atoms with Crippen LogP contribution >= 0.6 is 0 Å². The van der Waals surface area contributed by atoms with Crippen LogP contribution in [0.1, 0.15) is 35.3 Å². The molecule has 1 amide bonds. The van der Waals surface area contributed by atoms with Crippen molar-refractivity contribution in [3.8, 4) is 0 Å². The molecule has 0 aliphatic carbocycles. The van der Waals surface area contributed by atoms with E-state index >= 15 is 0 Å². The fraction of sp³-hybridized carbons (Fsp3) is 0.296. The van der Waals surface area contributed by atoms with E-state index in [2.05, 4.69) is 0 Å². The largest absolute Gasteiger partial charge is 0.373 e. The molecule has 0 aromatic heterocycles. The fourth-order valence-electron chi connectivity index (χ4n) is 4.24. The lowest BCUT2D eigenvalue weighted by atomic mass is 10.1. The van der Waals surface area contributed by atoms with E-state index < -0.39 is 10.0 Å². The van der Waals surface area contributed by atoms with Crippen molar-refractivity contribution in [2.24, 2.45) is 0 Å². The Labute approximate surface area is 201 Å². The van der Waals surface area contributed by atoms with Crippen LogP contribution in [-0.2, 0) is 21.3 Å². The first-order valence-corrected chi connectivity index (χ1v) is 12.9. The molecule has 2 atom stereocenters. The van der Waals surface area contributed by atoms with Crippen LogP contribution in [0.2, 0.25) is 0 Å². The molecule has 4 rings (SSSR count). The molecular formula is C27H30N2O4S. The summed E-state index contributed by atoms with van der Waals surface area (Å²) in [5, 5.41) is 0. The second-order valence-electron chi connectivity index (χ2n) is 8.82.